The maximum absolute atomic E-state index is 12.5. The van der Waals surface area contributed by atoms with Crippen LogP contribution >= 0.6 is 43.6 Å². The number of halogens is 4. The van der Waals surface area contributed by atoms with Crippen molar-refractivity contribution in [3.05, 3.63) is 51.2 Å². The van der Waals surface area contributed by atoms with Crippen LogP contribution in [0.5, 0.6) is 0 Å². The van der Waals surface area contributed by atoms with Gasteiger partial charge in [-0.2, -0.15) is 8.78 Å². The fourth-order valence-corrected chi connectivity index (χ4v) is 3.31. The van der Waals surface area contributed by atoms with Gasteiger partial charge >= 0.3 is 0 Å². The molecule has 0 fully saturated rings. The van der Waals surface area contributed by atoms with Crippen LogP contribution in [0.2, 0.25) is 0 Å². The first-order valence-corrected chi connectivity index (χ1v) is 8.10. The maximum atomic E-state index is 12.5. The number of rotatable bonds is 5. The molecule has 1 N–H and O–H groups in total. The van der Waals surface area contributed by atoms with Crippen LogP contribution in [-0.4, -0.2) is 10.7 Å². The number of alkyl halides is 2. The van der Waals surface area contributed by atoms with Crippen LogP contribution in [0.25, 0.3) is 0 Å². The molecule has 0 radical (unpaired) electrons. The smallest absolute Gasteiger partial charge is 0.288 e. The second-order valence-electron chi connectivity index (χ2n) is 3.81. The van der Waals surface area contributed by atoms with Crippen molar-refractivity contribution < 1.29 is 8.78 Å². The van der Waals surface area contributed by atoms with E-state index in [4.69, 9.17) is 0 Å². The molecular weight excluding hydrogens is 414 g/mol. The normalized spacial score (nSPS) is 10.8. The van der Waals surface area contributed by atoms with Crippen molar-refractivity contribution in [2.75, 3.05) is 5.32 Å². The zero-order chi connectivity index (χ0) is 14.5. The summed E-state index contributed by atoms with van der Waals surface area (Å²) in [5.74, 6) is -2.43. The number of aromatic nitrogens is 1. The van der Waals surface area contributed by atoms with E-state index in [2.05, 4.69) is 42.2 Å². The molecule has 0 unspecified atom stereocenters. The second-order valence-corrected chi connectivity index (χ2v) is 6.61. The molecule has 20 heavy (non-hydrogen) atoms. The van der Waals surface area contributed by atoms with Gasteiger partial charge in [0.25, 0.3) is 5.76 Å². The van der Waals surface area contributed by atoms with Crippen molar-refractivity contribution in [1.29, 1.82) is 0 Å². The largest absolute Gasteiger partial charge is 0.378 e. The van der Waals surface area contributed by atoms with Gasteiger partial charge in [-0.15, -0.1) is 0 Å². The Morgan fingerprint density at radius 2 is 2.00 bits per heavy atom. The number of nitrogens with zero attached hydrogens (tertiary/aromatic N) is 1. The first-order chi connectivity index (χ1) is 9.56. The zero-order valence-electron chi connectivity index (χ0n) is 10.1. The van der Waals surface area contributed by atoms with Crippen LogP contribution < -0.4 is 5.32 Å². The molecule has 0 atom stereocenters. The third-order valence-corrected chi connectivity index (χ3v) is 4.34. The van der Waals surface area contributed by atoms with Gasteiger partial charge in [-0.05, 0) is 50.1 Å². The van der Waals surface area contributed by atoms with Gasteiger partial charge in [0.05, 0.1) is 12.2 Å². The molecular formula is C13H10Br2F2N2S. The lowest BCUT2D eigenvalue weighted by Crippen LogP contribution is -2.03. The Bertz CT molecular complexity index is 596. The lowest BCUT2D eigenvalue weighted by atomic mass is 10.3. The lowest BCUT2D eigenvalue weighted by molar-refractivity contribution is 0.252. The minimum Gasteiger partial charge on any atom is -0.378 e. The number of anilines is 1. The second kappa shape index (κ2) is 7.38. The highest BCUT2D eigenvalue weighted by Crippen LogP contribution is 2.32. The fraction of sp³-hybridized carbons (Fsp3) is 0.154. The molecule has 0 spiro atoms. The van der Waals surface area contributed by atoms with Crippen molar-refractivity contribution in [3.63, 3.8) is 0 Å². The van der Waals surface area contributed by atoms with Crippen LogP contribution in [0, 0.1) is 0 Å². The van der Waals surface area contributed by atoms with E-state index in [0.717, 1.165) is 14.6 Å². The molecule has 0 aliphatic heterocycles. The first-order valence-electron chi connectivity index (χ1n) is 5.64. The van der Waals surface area contributed by atoms with Crippen LogP contribution in [0.3, 0.4) is 0 Å². The molecule has 2 aromatic rings. The van der Waals surface area contributed by atoms with E-state index < -0.39 is 5.76 Å². The molecule has 0 amide bonds. The number of nitrogens with one attached hydrogen (secondary N) is 1. The minimum absolute atomic E-state index is 0.453. The summed E-state index contributed by atoms with van der Waals surface area (Å²) in [5.41, 5.74) is 1.49. The monoisotopic (exact) mass is 422 g/mol. The van der Waals surface area contributed by atoms with Crippen molar-refractivity contribution in [2.24, 2.45) is 0 Å². The lowest BCUT2D eigenvalue weighted by Gasteiger charge is -2.11. The Kier molecular flexibility index (Phi) is 5.80. The third-order valence-electron chi connectivity index (χ3n) is 2.43. The summed E-state index contributed by atoms with van der Waals surface area (Å²) < 4.78 is 26.7. The van der Waals surface area contributed by atoms with Crippen molar-refractivity contribution in [2.45, 2.75) is 17.2 Å². The number of hydrogen-bond acceptors (Lipinski definition) is 3. The minimum atomic E-state index is -2.43. The standard InChI is InChI=1S/C13H10Br2F2N2S/c14-8-5-9(15)11(18-6-8)7-19-10-3-1-2-4-12(10)20-13(16)17/h1-6,13,19H,7H2. The van der Waals surface area contributed by atoms with Crippen LogP contribution in [0.4, 0.5) is 14.5 Å². The Hall–Kier alpha value is -0.660. The highest BCUT2D eigenvalue weighted by Gasteiger charge is 2.10. The summed E-state index contributed by atoms with van der Waals surface area (Å²) in [4.78, 5) is 4.80. The van der Waals surface area contributed by atoms with E-state index >= 15 is 0 Å². The zero-order valence-corrected chi connectivity index (χ0v) is 14.1. The maximum Gasteiger partial charge on any atom is 0.288 e. The molecule has 2 rings (SSSR count). The molecule has 1 heterocycles. The molecule has 0 aliphatic carbocycles. The highest BCUT2D eigenvalue weighted by atomic mass is 79.9. The van der Waals surface area contributed by atoms with E-state index in [9.17, 15) is 8.78 Å². The first kappa shape index (κ1) is 15.7. The van der Waals surface area contributed by atoms with Gasteiger partial charge in [0.2, 0.25) is 0 Å². The molecule has 0 aliphatic rings. The number of hydrogen-bond donors (Lipinski definition) is 1. The van der Waals surface area contributed by atoms with Gasteiger partial charge in [0.15, 0.2) is 0 Å². The van der Waals surface area contributed by atoms with Crippen molar-refractivity contribution in [3.8, 4) is 0 Å². The van der Waals surface area contributed by atoms with Gasteiger partial charge < -0.3 is 5.32 Å². The predicted molar refractivity (Wildman–Crippen MR) is 85.3 cm³/mol. The molecule has 1 aromatic heterocycles. The Morgan fingerprint density at radius 3 is 2.70 bits per heavy atom. The predicted octanol–water partition coefficient (Wildman–Crippen LogP) is 5.53. The van der Waals surface area contributed by atoms with E-state index in [1.165, 1.54) is 0 Å². The fourth-order valence-electron chi connectivity index (χ4n) is 1.56. The summed E-state index contributed by atoms with van der Waals surface area (Å²) in [5, 5.41) is 3.13. The number of pyridine rings is 1. The van der Waals surface area contributed by atoms with Crippen LogP contribution in [0.1, 0.15) is 5.69 Å². The third kappa shape index (κ3) is 4.43. The van der Waals surface area contributed by atoms with Gasteiger partial charge in [-0.1, -0.05) is 23.9 Å². The summed E-state index contributed by atoms with van der Waals surface area (Å²) in [6.45, 7) is 0.453. The molecule has 1 aromatic carbocycles. The van der Waals surface area contributed by atoms with Crippen LogP contribution in [0.15, 0.2) is 50.4 Å². The number of benzene rings is 1. The van der Waals surface area contributed by atoms with E-state index in [-0.39, 0.29) is 0 Å². The topological polar surface area (TPSA) is 24.9 Å². The van der Waals surface area contributed by atoms with Crippen LogP contribution in [-0.2, 0) is 6.54 Å². The SMILES string of the molecule is FC(F)Sc1ccccc1NCc1ncc(Br)cc1Br. The summed E-state index contributed by atoms with van der Waals surface area (Å²) >= 11 is 7.28. The average Bonchev–Trinajstić information content (AvgIpc) is 2.39. The highest BCUT2D eigenvalue weighted by molar-refractivity contribution is 9.11. The number of para-hydroxylation sites is 1. The summed E-state index contributed by atoms with van der Waals surface area (Å²) in [7, 11) is 0. The Balaban J connectivity index is 2.10. The summed E-state index contributed by atoms with van der Waals surface area (Å²) in [6, 6.07) is 8.89. The quantitative estimate of drug-likeness (QED) is 0.639. The van der Waals surface area contributed by atoms with E-state index in [1.54, 1.807) is 24.4 Å². The molecule has 0 saturated heterocycles. The van der Waals surface area contributed by atoms with Gasteiger partial charge in [0.1, 0.15) is 0 Å². The Morgan fingerprint density at radius 1 is 1.25 bits per heavy atom. The summed E-state index contributed by atoms with van der Waals surface area (Å²) in [6.07, 6.45) is 1.70. The molecule has 106 valence electrons. The number of thioether (sulfide) groups is 1. The van der Waals surface area contributed by atoms with Gasteiger partial charge in [-0.25, -0.2) is 0 Å². The molecule has 2 nitrogen and oxygen atoms in total. The average molecular weight is 424 g/mol. The van der Waals surface area contributed by atoms with Crippen molar-refractivity contribution in [1.82, 2.24) is 4.98 Å². The van der Waals surface area contributed by atoms with E-state index in [1.807, 2.05) is 12.1 Å². The molecule has 0 saturated carbocycles. The van der Waals surface area contributed by atoms with Gasteiger partial charge in [0, 0.05) is 25.7 Å². The van der Waals surface area contributed by atoms with Crippen molar-refractivity contribution >= 4 is 49.3 Å². The Labute approximate surface area is 136 Å². The van der Waals surface area contributed by atoms with Gasteiger partial charge in [-0.3, -0.25) is 4.98 Å². The molecule has 0 bridgehead atoms. The van der Waals surface area contributed by atoms with E-state index in [0.29, 0.717) is 28.9 Å². The molecule has 7 heteroatoms.